The second kappa shape index (κ2) is 6.91. The molecule has 0 bridgehead atoms. The predicted octanol–water partition coefficient (Wildman–Crippen LogP) is 0.221. The van der Waals surface area contributed by atoms with E-state index in [1.165, 1.54) is 0 Å². The number of carbonyl (C=O) groups excluding carboxylic acids is 2. The predicted molar refractivity (Wildman–Crippen MR) is 78.1 cm³/mol. The first kappa shape index (κ1) is 15.1. The molecule has 0 atom stereocenters. The minimum Gasteiger partial charge on any atom is -0.384 e. The zero-order valence-corrected chi connectivity index (χ0v) is 12.0. The maximum absolute atomic E-state index is 12.0. The van der Waals surface area contributed by atoms with Crippen molar-refractivity contribution in [2.45, 2.75) is 13.5 Å². The van der Waals surface area contributed by atoms with Gasteiger partial charge in [-0.2, -0.15) is 0 Å². The molecular formula is C16H18N2O3. The Morgan fingerprint density at radius 3 is 2.62 bits per heavy atom. The fourth-order valence-corrected chi connectivity index (χ4v) is 2.28. The molecule has 0 aliphatic carbocycles. The Morgan fingerprint density at radius 2 is 1.90 bits per heavy atom. The number of aliphatic hydroxyl groups excluding tert-OH is 1. The van der Waals surface area contributed by atoms with E-state index < -0.39 is 11.8 Å². The van der Waals surface area contributed by atoms with Crippen molar-refractivity contribution >= 4 is 11.8 Å². The highest BCUT2D eigenvalue weighted by Crippen LogP contribution is 2.12. The first-order chi connectivity index (χ1) is 10.2. The number of hydrogen-bond donors (Lipinski definition) is 1. The van der Waals surface area contributed by atoms with Gasteiger partial charge in [-0.15, -0.1) is 0 Å². The largest absolute Gasteiger partial charge is 0.384 e. The third-order valence-electron chi connectivity index (χ3n) is 3.39. The molecule has 0 saturated carbocycles. The normalized spacial score (nSPS) is 15.0. The molecule has 2 amide bonds. The van der Waals surface area contributed by atoms with Gasteiger partial charge in [-0.25, -0.2) is 0 Å². The summed E-state index contributed by atoms with van der Waals surface area (Å²) in [5, 5.41) is 8.70. The van der Waals surface area contributed by atoms with Crippen LogP contribution in [-0.4, -0.2) is 53.0 Å². The van der Waals surface area contributed by atoms with Crippen LogP contribution < -0.4 is 0 Å². The molecule has 0 unspecified atom stereocenters. The number of amides is 2. The van der Waals surface area contributed by atoms with Gasteiger partial charge < -0.3 is 14.9 Å². The summed E-state index contributed by atoms with van der Waals surface area (Å²) < 4.78 is 0. The second-order valence-electron chi connectivity index (χ2n) is 4.77. The van der Waals surface area contributed by atoms with Crippen LogP contribution in [0.3, 0.4) is 0 Å². The van der Waals surface area contributed by atoms with Crippen molar-refractivity contribution < 1.29 is 14.7 Å². The van der Waals surface area contributed by atoms with Crippen molar-refractivity contribution in [1.29, 1.82) is 0 Å². The van der Waals surface area contributed by atoms with Gasteiger partial charge in [-0.3, -0.25) is 9.59 Å². The lowest BCUT2D eigenvalue weighted by atomic mass is 10.1. The Balaban J connectivity index is 2.08. The Morgan fingerprint density at radius 1 is 1.19 bits per heavy atom. The summed E-state index contributed by atoms with van der Waals surface area (Å²) in [6.45, 7) is 3.76. The number of hydrogen-bond acceptors (Lipinski definition) is 3. The van der Waals surface area contributed by atoms with Crippen molar-refractivity contribution in [3.8, 4) is 11.8 Å². The molecule has 1 aromatic rings. The molecule has 5 heteroatoms. The van der Waals surface area contributed by atoms with Gasteiger partial charge in [-0.05, 0) is 24.6 Å². The number of nitrogens with zero attached hydrogens (tertiary/aromatic N) is 2. The van der Waals surface area contributed by atoms with Crippen LogP contribution in [0.25, 0.3) is 0 Å². The van der Waals surface area contributed by atoms with Gasteiger partial charge >= 0.3 is 11.8 Å². The Hall–Kier alpha value is -2.32. The summed E-state index contributed by atoms with van der Waals surface area (Å²) in [7, 11) is 0. The minimum atomic E-state index is -0.449. The maximum atomic E-state index is 12.0. The molecule has 5 nitrogen and oxygen atoms in total. The van der Waals surface area contributed by atoms with Gasteiger partial charge in [0.25, 0.3) is 0 Å². The summed E-state index contributed by atoms with van der Waals surface area (Å²) >= 11 is 0. The smallest absolute Gasteiger partial charge is 0.312 e. The van der Waals surface area contributed by atoms with E-state index in [1.807, 2.05) is 31.2 Å². The average Bonchev–Trinajstić information content (AvgIpc) is 2.50. The SMILES string of the molecule is CCN1CCN(Cc2cccc(C#CCO)c2)C(=O)C1=O. The van der Waals surface area contributed by atoms with E-state index in [0.717, 1.165) is 11.1 Å². The molecule has 110 valence electrons. The highest BCUT2D eigenvalue weighted by atomic mass is 16.2. The molecule has 1 fully saturated rings. The monoisotopic (exact) mass is 286 g/mol. The van der Waals surface area contributed by atoms with Gasteiger partial charge in [0, 0.05) is 31.7 Å². The zero-order chi connectivity index (χ0) is 15.2. The summed E-state index contributed by atoms with van der Waals surface area (Å²) in [5.74, 6) is 4.54. The van der Waals surface area contributed by atoms with Crippen molar-refractivity contribution in [3.05, 3.63) is 35.4 Å². The molecule has 1 aromatic carbocycles. The molecule has 1 saturated heterocycles. The summed E-state index contributed by atoms with van der Waals surface area (Å²) in [4.78, 5) is 27.0. The number of carbonyl (C=O) groups is 2. The number of piperazine rings is 1. The van der Waals surface area contributed by atoms with Crippen LogP contribution in [0.2, 0.25) is 0 Å². The van der Waals surface area contributed by atoms with E-state index in [0.29, 0.717) is 26.2 Å². The van der Waals surface area contributed by atoms with Crippen LogP contribution in [0, 0.1) is 11.8 Å². The topological polar surface area (TPSA) is 60.9 Å². The summed E-state index contributed by atoms with van der Waals surface area (Å²) in [5.41, 5.74) is 1.71. The number of rotatable bonds is 3. The third-order valence-corrected chi connectivity index (χ3v) is 3.39. The summed E-state index contributed by atoms with van der Waals surface area (Å²) in [6.07, 6.45) is 0. The standard InChI is InChI=1S/C16H18N2O3/c1-2-17-8-9-18(16(21)15(17)20)12-14-6-3-5-13(11-14)7-4-10-19/h3,5-6,11,19H,2,8-10,12H2,1H3. The lowest BCUT2D eigenvalue weighted by molar-refractivity contribution is -0.156. The fourth-order valence-electron chi connectivity index (χ4n) is 2.28. The van der Waals surface area contributed by atoms with Crippen molar-refractivity contribution in [2.24, 2.45) is 0 Å². The average molecular weight is 286 g/mol. The van der Waals surface area contributed by atoms with E-state index >= 15 is 0 Å². The Labute approximate surface area is 124 Å². The van der Waals surface area contributed by atoms with Crippen LogP contribution in [0.5, 0.6) is 0 Å². The van der Waals surface area contributed by atoms with Gasteiger partial charge in [0.2, 0.25) is 0 Å². The van der Waals surface area contributed by atoms with E-state index in [-0.39, 0.29) is 6.61 Å². The van der Waals surface area contributed by atoms with Gasteiger partial charge in [-0.1, -0.05) is 24.0 Å². The quantitative estimate of drug-likeness (QED) is 0.639. The number of aliphatic hydroxyl groups is 1. The highest BCUT2D eigenvalue weighted by Gasteiger charge is 2.31. The number of benzene rings is 1. The molecule has 1 aliphatic heterocycles. The molecular weight excluding hydrogens is 268 g/mol. The lowest BCUT2D eigenvalue weighted by Crippen LogP contribution is -2.53. The van der Waals surface area contributed by atoms with E-state index in [1.54, 1.807) is 9.80 Å². The van der Waals surface area contributed by atoms with Crippen LogP contribution in [-0.2, 0) is 16.1 Å². The van der Waals surface area contributed by atoms with E-state index in [9.17, 15) is 9.59 Å². The van der Waals surface area contributed by atoms with Crippen molar-refractivity contribution in [2.75, 3.05) is 26.2 Å². The zero-order valence-electron chi connectivity index (χ0n) is 12.0. The van der Waals surface area contributed by atoms with Gasteiger partial charge in [0.15, 0.2) is 0 Å². The highest BCUT2D eigenvalue weighted by molar-refractivity contribution is 6.35. The minimum absolute atomic E-state index is 0.184. The first-order valence-corrected chi connectivity index (χ1v) is 6.92. The maximum Gasteiger partial charge on any atom is 0.312 e. The molecule has 1 aliphatic rings. The van der Waals surface area contributed by atoms with Crippen LogP contribution >= 0.6 is 0 Å². The van der Waals surface area contributed by atoms with E-state index in [2.05, 4.69) is 11.8 Å². The van der Waals surface area contributed by atoms with Crippen LogP contribution in [0.4, 0.5) is 0 Å². The molecule has 1 heterocycles. The number of likely N-dealkylation sites (N-methyl/N-ethyl adjacent to an activating group) is 1. The molecule has 1 N–H and O–H groups in total. The molecule has 0 radical (unpaired) electrons. The van der Waals surface area contributed by atoms with Gasteiger partial charge in [0.1, 0.15) is 6.61 Å². The molecule has 0 aromatic heterocycles. The van der Waals surface area contributed by atoms with Crippen LogP contribution in [0.1, 0.15) is 18.1 Å². The third kappa shape index (κ3) is 3.61. The van der Waals surface area contributed by atoms with Crippen molar-refractivity contribution in [3.63, 3.8) is 0 Å². The first-order valence-electron chi connectivity index (χ1n) is 6.92. The molecule has 2 rings (SSSR count). The van der Waals surface area contributed by atoms with Crippen LogP contribution in [0.15, 0.2) is 24.3 Å². The van der Waals surface area contributed by atoms with Crippen molar-refractivity contribution in [1.82, 2.24) is 9.80 Å². The lowest BCUT2D eigenvalue weighted by Gasteiger charge is -2.33. The fraction of sp³-hybridized carbons (Fsp3) is 0.375. The summed E-state index contributed by atoms with van der Waals surface area (Å²) in [6, 6.07) is 7.46. The second-order valence-corrected chi connectivity index (χ2v) is 4.77. The molecule has 21 heavy (non-hydrogen) atoms. The Bertz CT molecular complexity index is 601. The Kier molecular flexibility index (Phi) is 4.96. The van der Waals surface area contributed by atoms with Gasteiger partial charge in [0.05, 0.1) is 0 Å². The molecule has 0 spiro atoms. The van der Waals surface area contributed by atoms with E-state index in [4.69, 9.17) is 5.11 Å².